The zero-order valence-corrected chi connectivity index (χ0v) is 11.3. The Morgan fingerprint density at radius 3 is 2.58 bits per heavy atom. The van der Waals surface area contributed by atoms with E-state index in [1.54, 1.807) is 0 Å². The molecule has 3 heteroatoms. The first-order chi connectivity index (χ1) is 9.09. The van der Waals surface area contributed by atoms with Gasteiger partial charge in [0.25, 0.3) is 0 Å². The highest BCUT2D eigenvalue weighted by atomic mass is 16.4. The van der Waals surface area contributed by atoms with Crippen molar-refractivity contribution < 1.29 is 9.90 Å². The lowest BCUT2D eigenvalue weighted by atomic mass is 9.88. The lowest BCUT2D eigenvalue weighted by Gasteiger charge is -2.20. The van der Waals surface area contributed by atoms with Gasteiger partial charge in [-0.1, -0.05) is 12.1 Å². The molecule has 1 aromatic carbocycles. The maximum Gasteiger partial charge on any atom is 0.336 e. The second-order valence-corrected chi connectivity index (χ2v) is 5.35. The highest BCUT2D eigenvalue weighted by Gasteiger charge is 2.23. The molecule has 1 aromatic heterocycles. The van der Waals surface area contributed by atoms with Crippen LogP contribution in [0, 0.1) is 13.8 Å². The van der Waals surface area contributed by atoms with Crippen molar-refractivity contribution in [3.63, 3.8) is 0 Å². The van der Waals surface area contributed by atoms with Crippen molar-refractivity contribution in [2.45, 2.75) is 39.5 Å². The topological polar surface area (TPSA) is 50.2 Å². The molecule has 0 unspecified atom stereocenters. The van der Waals surface area contributed by atoms with Crippen molar-refractivity contribution >= 4 is 16.9 Å². The number of aromatic nitrogens is 1. The van der Waals surface area contributed by atoms with Crippen LogP contribution in [0.25, 0.3) is 10.9 Å². The Morgan fingerprint density at radius 1 is 1.16 bits per heavy atom. The summed E-state index contributed by atoms with van der Waals surface area (Å²) in [5, 5.41) is 10.5. The molecule has 0 spiro atoms. The van der Waals surface area contributed by atoms with Crippen molar-refractivity contribution in [3.05, 3.63) is 40.1 Å². The number of carboxylic acids is 1. The summed E-state index contributed by atoms with van der Waals surface area (Å²) in [5.74, 6) is -0.820. The fourth-order valence-corrected chi connectivity index (χ4v) is 3.06. The normalized spacial score (nSPS) is 14.4. The van der Waals surface area contributed by atoms with Gasteiger partial charge in [0.05, 0.1) is 11.1 Å². The van der Waals surface area contributed by atoms with E-state index in [1.807, 2.05) is 26.0 Å². The van der Waals surface area contributed by atoms with Crippen molar-refractivity contribution in [3.8, 4) is 0 Å². The summed E-state index contributed by atoms with van der Waals surface area (Å²) in [4.78, 5) is 16.5. The van der Waals surface area contributed by atoms with E-state index in [1.165, 1.54) is 0 Å². The number of aryl methyl sites for hydroxylation is 3. The smallest absolute Gasteiger partial charge is 0.336 e. The molecule has 3 rings (SSSR count). The van der Waals surface area contributed by atoms with Crippen molar-refractivity contribution in [2.24, 2.45) is 0 Å². The summed E-state index contributed by atoms with van der Waals surface area (Å²) in [6.07, 6.45) is 3.91. The first-order valence-electron chi connectivity index (χ1n) is 6.74. The molecular weight excluding hydrogens is 238 g/mol. The van der Waals surface area contributed by atoms with Gasteiger partial charge in [-0.3, -0.25) is 4.98 Å². The number of aromatic carboxylic acids is 1. The molecule has 1 N–H and O–H groups in total. The SMILES string of the molecule is Cc1ccc(C)c2c(C(=O)O)c3c(nc12)CCCC3. The van der Waals surface area contributed by atoms with E-state index in [0.29, 0.717) is 5.56 Å². The Labute approximate surface area is 112 Å². The van der Waals surface area contributed by atoms with Gasteiger partial charge in [-0.25, -0.2) is 4.79 Å². The quantitative estimate of drug-likeness (QED) is 0.849. The van der Waals surface area contributed by atoms with Crippen LogP contribution in [0.15, 0.2) is 12.1 Å². The monoisotopic (exact) mass is 255 g/mol. The van der Waals surface area contributed by atoms with Crippen LogP contribution in [0.3, 0.4) is 0 Å². The van der Waals surface area contributed by atoms with Crippen LogP contribution in [0.1, 0.15) is 45.6 Å². The lowest BCUT2D eigenvalue weighted by molar-refractivity contribution is 0.0697. The molecule has 1 heterocycles. The third-order valence-electron chi connectivity index (χ3n) is 4.04. The number of hydrogen-bond acceptors (Lipinski definition) is 2. The fraction of sp³-hybridized carbons (Fsp3) is 0.375. The maximum atomic E-state index is 11.7. The van der Waals surface area contributed by atoms with Gasteiger partial charge in [0.1, 0.15) is 0 Å². The second kappa shape index (κ2) is 4.34. The van der Waals surface area contributed by atoms with Gasteiger partial charge >= 0.3 is 5.97 Å². The number of carboxylic acid groups (broad SMARTS) is 1. The average molecular weight is 255 g/mol. The minimum Gasteiger partial charge on any atom is -0.478 e. The van der Waals surface area contributed by atoms with Crippen LogP contribution in [0.2, 0.25) is 0 Å². The molecule has 1 aliphatic rings. The van der Waals surface area contributed by atoms with Crippen molar-refractivity contribution in [1.29, 1.82) is 0 Å². The van der Waals surface area contributed by atoms with Crippen LogP contribution < -0.4 is 0 Å². The standard InChI is InChI=1S/C16H17NO2/c1-9-7-8-10(2)15-13(9)14(16(18)19)11-5-3-4-6-12(11)17-15/h7-8H,3-6H2,1-2H3,(H,18,19). The van der Waals surface area contributed by atoms with Crippen molar-refractivity contribution in [1.82, 2.24) is 4.98 Å². The summed E-state index contributed by atoms with van der Waals surface area (Å²) < 4.78 is 0. The van der Waals surface area contributed by atoms with Crippen LogP contribution in [0.5, 0.6) is 0 Å². The third kappa shape index (κ3) is 1.81. The molecule has 0 amide bonds. The number of pyridine rings is 1. The molecular formula is C16H17NO2. The van der Waals surface area contributed by atoms with E-state index < -0.39 is 5.97 Å². The van der Waals surface area contributed by atoms with Crippen LogP contribution in [-0.2, 0) is 12.8 Å². The maximum absolute atomic E-state index is 11.7. The molecule has 0 saturated carbocycles. The van der Waals surface area contributed by atoms with E-state index in [2.05, 4.69) is 0 Å². The van der Waals surface area contributed by atoms with Gasteiger partial charge in [0, 0.05) is 11.1 Å². The van der Waals surface area contributed by atoms with E-state index in [-0.39, 0.29) is 0 Å². The molecule has 19 heavy (non-hydrogen) atoms. The molecule has 0 bridgehead atoms. The molecule has 0 saturated heterocycles. The van der Waals surface area contributed by atoms with E-state index in [0.717, 1.165) is 59.0 Å². The van der Waals surface area contributed by atoms with Gasteiger partial charge < -0.3 is 5.11 Å². The van der Waals surface area contributed by atoms with Crippen LogP contribution in [0.4, 0.5) is 0 Å². The lowest BCUT2D eigenvalue weighted by Crippen LogP contribution is -2.14. The Hall–Kier alpha value is -1.90. The Kier molecular flexibility index (Phi) is 2.77. The van der Waals surface area contributed by atoms with E-state index >= 15 is 0 Å². The highest BCUT2D eigenvalue weighted by Crippen LogP contribution is 2.32. The summed E-state index contributed by atoms with van der Waals surface area (Å²) in [6.45, 7) is 3.96. The summed E-state index contributed by atoms with van der Waals surface area (Å²) >= 11 is 0. The van der Waals surface area contributed by atoms with E-state index in [4.69, 9.17) is 4.98 Å². The Bertz CT molecular complexity index is 689. The van der Waals surface area contributed by atoms with Gasteiger partial charge in [0.2, 0.25) is 0 Å². The predicted octanol–water partition coefficient (Wildman–Crippen LogP) is 3.43. The first-order valence-corrected chi connectivity index (χ1v) is 6.74. The zero-order valence-electron chi connectivity index (χ0n) is 11.3. The van der Waals surface area contributed by atoms with Crippen LogP contribution >= 0.6 is 0 Å². The summed E-state index contributed by atoms with van der Waals surface area (Å²) in [5.41, 5.74) is 5.35. The van der Waals surface area contributed by atoms with Gasteiger partial charge in [-0.05, 0) is 56.2 Å². The van der Waals surface area contributed by atoms with Gasteiger partial charge in [-0.15, -0.1) is 0 Å². The molecule has 1 aliphatic carbocycles. The predicted molar refractivity (Wildman–Crippen MR) is 74.8 cm³/mol. The highest BCUT2D eigenvalue weighted by molar-refractivity contribution is 6.06. The molecule has 0 fully saturated rings. The fourth-order valence-electron chi connectivity index (χ4n) is 3.06. The molecule has 98 valence electrons. The molecule has 2 aromatic rings. The van der Waals surface area contributed by atoms with E-state index in [9.17, 15) is 9.90 Å². The zero-order chi connectivity index (χ0) is 13.6. The Balaban J connectivity index is 2.50. The number of hydrogen-bond donors (Lipinski definition) is 1. The number of rotatable bonds is 1. The third-order valence-corrected chi connectivity index (χ3v) is 4.04. The summed E-state index contributed by atoms with van der Waals surface area (Å²) in [7, 11) is 0. The van der Waals surface area contributed by atoms with Gasteiger partial charge in [-0.2, -0.15) is 0 Å². The summed E-state index contributed by atoms with van der Waals surface area (Å²) in [6, 6.07) is 4.01. The minimum absolute atomic E-state index is 0.487. The number of benzene rings is 1. The molecule has 0 aliphatic heterocycles. The number of fused-ring (bicyclic) bond motifs is 2. The first kappa shape index (κ1) is 12.2. The largest absolute Gasteiger partial charge is 0.478 e. The number of nitrogens with zero attached hydrogens (tertiary/aromatic N) is 1. The molecule has 0 radical (unpaired) electrons. The average Bonchev–Trinajstić information content (AvgIpc) is 2.40. The second-order valence-electron chi connectivity index (χ2n) is 5.35. The molecule has 0 atom stereocenters. The minimum atomic E-state index is -0.820. The van der Waals surface area contributed by atoms with Gasteiger partial charge in [0.15, 0.2) is 0 Å². The molecule has 3 nitrogen and oxygen atoms in total. The van der Waals surface area contributed by atoms with Crippen molar-refractivity contribution in [2.75, 3.05) is 0 Å². The van der Waals surface area contributed by atoms with Crippen LogP contribution in [-0.4, -0.2) is 16.1 Å². The number of carbonyl (C=O) groups is 1. The Morgan fingerprint density at radius 2 is 1.84 bits per heavy atom.